The van der Waals surface area contributed by atoms with Gasteiger partial charge in [0, 0.05) is 19.6 Å². The van der Waals surface area contributed by atoms with Crippen LogP contribution in [0.5, 0.6) is 0 Å². The number of carbonyl (C=O) groups is 1. The van der Waals surface area contributed by atoms with Crippen molar-refractivity contribution in [3.05, 3.63) is 41.2 Å². The van der Waals surface area contributed by atoms with E-state index in [2.05, 4.69) is 20.4 Å². The maximum atomic E-state index is 14.4. The van der Waals surface area contributed by atoms with Crippen LogP contribution in [0.25, 0.3) is 17.0 Å². The van der Waals surface area contributed by atoms with Gasteiger partial charge in [0.2, 0.25) is 0 Å². The predicted octanol–water partition coefficient (Wildman–Crippen LogP) is 4.78. The molecule has 176 valence electrons. The largest absolute Gasteiger partial charge is 0.444 e. The van der Waals surface area contributed by atoms with Gasteiger partial charge in [-0.05, 0) is 51.7 Å². The van der Waals surface area contributed by atoms with Crippen LogP contribution in [0.4, 0.5) is 19.4 Å². The minimum Gasteiger partial charge on any atom is -0.444 e. The summed E-state index contributed by atoms with van der Waals surface area (Å²) in [4.78, 5) is 22.7. The highest BCUT2D eigenvalue weighted by molar-refractivity contribution is 6.29. The number of imidazole rings is 1. The molecule has 0 spiro atoms. The van der Waals surface area contributed by atoms with E-state index in [1.165, 1.54) is 16.8 Å². The van der Waals surface area contributed by atoms with Gasteiger partial charge in [-0.3, -0.25) is 0 Å². The maximum Gasteiger partial charge on any atom is 0.410 e. The summed E-state index contributed by atoms with van der Waals surface area (Å²) < 4.78 is 35.5. The Balaban J connectivity index is 1.56. The number of nitrogens with zero attached hydrogens (tertiary/aromatic N) is 5. The van der Waals surface area contributed by atoms with Crippen LogP contribution in [0.15, 0.2) is 24.4 Å². The molecule has 0 bridgehead atoms. The highest BCUT2D eigenvalue weighted by atomic mass is 35.5. The molecule has 1 saturated heterocycles. The van der Waals surface area contributed by atoms with E-state index >= 15 is 0 Å². The highest BCUT2D eigenvalue weighted by Crippen LogP contribution is 2.27. The summed E-state index contributed by atoms with van der Waals surface area (Å²) in [5, 5.41) is 7.57. The van der Waals surface area contributed by atoms with Crippen LogP contribution in [0.3, 0.4) is 0 Å². The molecule has 1 amide bonds. The molecule has 33 heavy (non-hydrogen) atoms. The molecular weight excluding hydrogens is 454 g/mol. The van der Waals surface area contributed by atoms with Gasteiger partial charge in [0.1, 0.15) is 17.2 Å². The molecule has 4 rings (SSSR count). The number of likely N-dealkylation sites (tertiary alicyclic amines) is 1. The number of hydrogen-bond donors (Lipinski definition) is 1. The number of carbonyl (C=O) groups excluding carboxylic acids is 1. The number of hydrogen-bond acceptors (Lipinski definition) is 6. The summed E-state index contributed by atoms with van der Waals surface area (Å²) in [6.07, 6.45) is 2.79. The third-order valence-electron chi connectivity index (χ3n) is 5.24. The van der Waals surface area contributed by atoms with E-state index in [4.69, 9.17) is 16.3 Å². The molecule has 0 aliphatic carbocycles. The fourth-order valence-electron chi connectivity index (χ4n) is 3.76. The minimum absolute atomic E-state index is 0.125. The van der Waals surface area contributed by atoms with Crippen molar-refractivity contribution < 1.29 is 18.3 Å². The Bertz CT molecular complexity index is 1160. The summed E-state index contributed by atoms with van der Waals surface area (Å²) >= 11 is 6.18. The van der Waals surface area contributed by atoms with Gasteiger partial charge in [-0.2, -0.15) is 4.52 Å². The number of anilines is 1. The summed E-state index contributed by atoms with van der Waals surface area (Å²) in [5.41, 5.74) is -0.575. The summed E-state index contributed by atoms with van der Waals surface area (Å²) in [6.45, 7) is 7.12. The van der Waals surface area contributed by atoms with Crippen molar-refractivity contribution in [3.63, 3.8) is 0 Å². The minimum atomic E-state index is -0.781. The van der Waals surface area contributed by atoms with E-state index < -0.39 is 17.2 Å². The molecule has 2 aromatic heterocycles. The van der Waals surface area contributed by atoms with Gasteiger partial charge in [0.25, 0.3) is 0 Å². The Hall–Kier alpha value is -3.01. The van der Waals surface area contributed by atoms with Gasteiger partial charge in [-0.25, -0.2) is 23.5 Å². The third-order valence-corrected chi connectivity index (χ3v) is 5.49. The topological polar surface area (TPSA) is 84.6 Å². The lowest BCUT2D eigenvalue weighted by Gasteiger charge is -2.34. The Morgan fingerprint density at radius 2 is 2.03 bits per heavy atom. The molecule has 8 nitrogen and oxygen atoms in total. The Morgan fingerprint density at radius 1 is 1.30 bits per heavy atom. The zero-order valence-electron chi connectivity index (χ0n) is 18.6. The zero-order chi connectivity index (χ0) is 23.8. The van der Waals surface area contributed by atoms with Gasteiger partial charge >= 0.3 is 6.09 Å². The fourth-order valence-corrected chi connectivity index (χ4v) is 3.92. The molecule has 1 aliphatic heterocycles. The van der Waals surface area contributed by atoms with Crippen molar-refractivity contribution >= 4 is 29.2 Å². The fraction of sp³-hybridized carbons (Fsp3) is 0.455. The first-order valence-electron chi connectivity index (χ1n) is 10.7. The van der Waals surface area contributed by atoms with Crippen molar-refractivity contribution in [2.75, 3.05) is 25.0 Å². The van der Waals surface area contributed by atoms with Gasteiger partial charge < -0.3 is 15.0 Å². The van der Waals surface area contributed by atoms with Crippen LogP contribution in [0, 0.1) is 17.6 Å². The van der Waals surface area contributed by atoms with E-state index in [-0.39, 0.29) is 28.6 Å². The Labute approximate surface area is 194 Å². The van der Waals surface area contributed by atoms with Gasteiger partial charge in [0.15, 0.2) is 22.4 Å². The summed E-state index contributed by atoms with van der Waals surface area (Å²) in [6, 6.07) is 3.55. The Morgan fingerprint density at radius 3 is 2.73 bits per heavy atom. The molecule has 1 N–H and O–H groups in total. The molecular formula is C22H25ClF2N6O2. The molecule has 0 saturated carbocycles. The van der Waals surface area contributed by atoms with Crippen molar-refractivity contribution in [2.24, 2.45) is 5.92 Å². The molecule has 1 aromatic carbocycles. The molecule has 1 fully saturated rings. The molecule has 3 heterocycles. The van der Waals surface area contributed by atoms with Gasteiger partial charge in [0.05, 0.1) is 11.8 Å². The highest BCUT2D eigenvalue weighted by Gasteiger charge is 2.28. The van der Waals surface area contributed by atoms with Crippen LogP contribution in [-0.2, 0) is 4.74 Å². The number of amides is 1. The number of rotatable bonds is 4. The molecule has 1 aliphatic rings. The van der Waals surface area contributed by atoms with Gasteiger partial charge in [-0.1, -0.05) is 17.7 Å². The lowest BCUT2D eigenvalue weighted by Crippen LogP contribution is -2.44. The van der Waals surface area contributed by atoms with Crippen LogP contribution in [0.1, 0.15) is 33.6 Å². The second-order valence-electron chi connectivity index (χ2n) is 9.01. The van der Waals surface area contributed by atoms with E-state index in [0.717, 1.165) is 25.0 Å². The maximum absolute atomic E-state index is 14.4. The van der Waals surface area contributed by atoms with Crippen LogP contribution in [-0.4, -0.2) is 55.8 Å². The van der Waals surface area contributed by atoms with Crippen molar-refractivity contribution in [1.82, 2.24) is 24.5 Å². The summed E-state index contributed by atoms with van der Waals surface area (Å²) in [7, 11) is 0. The summed E-state index contributed by atoms with van der Waals surface area (Å²) in [5.74, 6) is -1.29. The standard InChI is InChI=1S/C22H25ClF2N6O2/c1-22(2,3)33-21(32)30-9-5-6-13(12-30)10-26-19-20-27-11-16(23)31(20)29-18(28-19)17-14(24)7-4-8-15(17)25/h4,7-8,11,13H,5-6,9-10,12H2,1-3H3,(H,26,28,29). The predicted molar refractivity (Wildman–Crippen MR) is 120 cm³/mol. The average molecular weight is 479 g/mol. The second-order valence-corrected chi connectivity index (χ2v) is 9.40. The lowest BCUT2D eigenvalue weighted by molar-refractivity contribution is 0.0172. The third kappa shape index (κ3) is 5.16. The smallest absolute Gasteiger partial charge is 0.410 e. The first kappa shape index (κ1) is 23.2. The molecule has 3 aromatic rings. The normalized spacial score (nSPS) is 16.8. The van der Waals surface area contributed by atoms with E-state index in [1.54, 1.807) is 4.90 Å². The van der Waals surface area contributed by atoms with Crippen LogP contribution >= 0.6 is 11.6 Å². The number of piperidine rings is 1. The monoisotopic (exact) mass is 478 g/mol. The second kappa shape index (κ2) is 9.09. The number of ether oxygens (including phenoxy) is 1. The van der Waals surface area contributed by atoms with Crippen molar-refractivity contribution in [2.45, 2.75) is 39.2 Å². The number of halogens is 3. The Kier molecular flexibility index (Phi) is 6.38. The van der Waals surface area contributed by atoms with E-state index in [1.807, 2.05) is 20.8 Å². The molecule has 11 heteroatoms. The number of nitrogens with one attached hydrogen (secondary N) is 1. The van der Waals surface area contributed by atoms with E-state index in [0.29, 0.717) is 31.1 Å². The lowest BCUT2D eigenvalue weighted by atomic mass is 9.98. The van der Waals surface area contributed by atoms with Crippen molar-refractivity contribution in [1.29, 1.82) is 0 Å². The number of aromatic nitrogens is 4. The number of benzene rings is 1. The molecule has 1 atom stereocenters. The average Bonchev–Trinajstić information content (AvgIpc) is 3.12. The van der Waals surface area contributed by atoms with E-state index in [9.17, 15) is 13.6 Å². The number of fused-ring (bicyclic) bond motifs is 1. The first-order valence-corrected chi connectivity index (χ1v) is 11.1. The molecule has 1 unspecified atom stereocenters. The van der Waals surface area contributed by atoms with Crippen LogP contribution in [0.2, 0.25) is 5.15 Å². The van der Waals surface area contributed by atoms with Gasteiger partial charge in [-0.15, -0.1) is 5.10 Å². The molecule has 0 radical (unpaired) electrons. The zero-order valence-corrected chi connectivity index (χ0v) is 19.4. The SMILES string of the molecule is CC(C)(C)OC(=O)N1CCCC(CNc2nc(-c3c(F)cccc3F)nn3c(Cl)cnc23)C1. The first-order chi connectivity index (χ1) is 15.6. The quantitative estimate of drug-likeness (QED) is 0.580. The van der Waals surface area contributed by atoms with Crippen molar-refractivity contribution in [3.8, 4) is 11.4 Å². The van der Waals surface area contributed by atoms with Crippen LogP contribution < -0.4 is 5.32 Å².